The predicted octanol–water partition coefficient (Wildman–Crippen LogP) is 4.35. The maximum atomic E-state index is 12.7. The van der Waals surface area contributed by atoms with Crippen molar-refractivity contribution in [1.82, 2.24) is 0 Å². The standard InChI is InChI=1S/C18H16Cl2N2O2/c1-10-5-3-7-13(11(10)2)21-14-9-16(23)22(18(14)24)15-8-4-6-12(19)17(15)20/h3-8,14,21H,9H2,1-2H3/t14-/m1/s1. The quantitative estimate of drug-likeness (QED) is 0.825. The molecule has 2 aromatic carbocycles. The van der Waals surface area contributed by atoms with E-state index in [1.807, 2.05) is 32.0 Å². The van der Waals surface area contributed by atoms with Crippen molar-refractivity contribution in [2.45, 2.75) is 26.3 Å². The number of carbonyl (C=O) groups excluding carboxylic acids is 2. The molecular formula is C18H16Cl2N2O2. The Morgan fingerprint density at radius 3 is 2.54 bits per heavy atom. The molecule has 1 fully saturated rings. The normalized spacial score (nSPS) is 17.5. The smallest absolute Gasteiger partial charge is 0.256 e. The Morgan fingerprint density at radius 2 is 1.79 bits per heavy atom. The summed E-state index contributed by atoms with van der Waals surface area (Å²) in [5, 5.41) is 3.68. The Kier molecular flexibility index (Phi) is 4.52. The van der Waals surface area contributed by atoms with E-state index in [1.165, 1.54) is 0 Å². The third-order valence-corrected chi connectivity index (χ3v) is 5.06. The average molecular weight is 363 g/mol. The molecule has 1 saturated heterocycles. The van der Waals surface area contributed by atoms with Gasteiger partial charge in [0, 0.05) is 5.69 Å². The lowest BCUT2D eigenvalue weighted by Crippen LogP contribution is -2.35. The van der Waals surface area contributed by atoms with Gasteiger partial charge in [-0.2, -0.15) is 0 Å². The number of rotatable bonds is 3. The van der Waals surface area contributed by atoms with Crippen LogP contribution in [0, 0.1) is 13.8 Å². The van der Waals surface area contributed by atoms with Gasteiger partial charge in [-0.05, 0) is 43.2 Å². The molecule has 0 aliphatic carbocycles. The number of imide groups is 1. The highest BCUT2D eigenvalue weighted by Crippen LogP contribution is 2.35. The average Bonchev–Trinajstić information content (AvgIpc) is 2.81. The summed E-state index contributed by atoms with van der Waals surface area (Å²) in [6.45, 7) is 3.98. The van der Waals surface area contributed by atoms with Crippen LogP contribution in [0.2, 0.25) is 10.0 Å². The van der Waals surface area contributed by atoms with Crippen LogP contribution in [0.15, 0.2) is 36.4 Å². The molecule has 24 heavy (non-hydrogen) atoms. The minimum Gasteiger partial charge on any atom is -0.373 e. The molecule has 1 heterocycles. The van der Waals surface area contributed by atoms with E-state index in [0.717, 1.165) is 21.7 Å². The van der Waals surface area contributed by atoms with Crippen molar-refractivity contribution in [3.63, 3.8) is 0 Å². The molecule has 1 aliphatic rings. The molecular weight excluding hydrogens is 347 g/mol. The van der Waals surface area contributed by atoms with Crippen molar-refractivity contribution in [3.8, 4) is 0 Å². The Hall–Kier alpha value is -2.04. The summed E-state index contributed by atoms with van der Waals surface area (Å²) in [4.78, 5) is 26.2. The first-order valence-corrected chi connectivity index (χ1v) is 8.29. The van der Waals surface area contributed by atoms with E-state index in [4.69, 9.17) is 23.2 Å². The maximum absolute atomic E-state index is 12.7. The van der Waals surface area contributed by atoms with E-state index in [2.05, 4.69) is 5.32 Å². The number of halogens is 2. The van der Waals surface area contributed by atoms with E-state index in [-0.39, 0.29) is 23.3 Å². The van der Waals surface area contributed by atoms with Gasteiger partial charge in [0.15, 0.2) is 0 Å². The molecule has 4 nitrogen and oxygen atoms in total. The minimum atomic E-state index is -0.618. The van der Waals surface area contributed by atoms with E-state index in [9.17, 15) is 9.59 Å². The third kappa shape index (κ3) is 2.87. The Morgan fingerprint density at radius 1 is 1.08 bits per heavy atom. The summed E-state index contributed by atoms with van der Waals surface area (Å²) in [6.07, 6.45) is 0.0784. The number of hydrogen-bond donors (Lipinski definition) is 1. The number of aryl methyl sites for hydroxylation is 1. The molecule has 0 spiro atoms. The summed E-state index contributed by atoms with van der Waals surface area (Å²) in [5.74, 6) is -0.628. The maximum Gasteiger partial charge on any atom is 0.256 e. The number of carbonyl (C=O) groups is 2. The Labute approximate surface area is 150 Å². The SMILES string of the molecule is Cc1cccc(N[C@@H]2CC(=O)N(c3cccc(Cl)c3Cl)C2=O)c1C. The van der Waals surface area contributed by atoms with Gasteiger partial charge in [0.25, 0.3) is 5.91 Å². The van der Waals surface area contributed by atoms with Crippen LogP contribution in [0.5, 0.6) is 0 Å². The topological polar surface area (TPSA) is 49.4 Å². The molecule has 0 saturated carbocycles. The van der Waals surface area contributed by atoms with Crippen molar-refractivity contribution in [3.05, 3.63) is 57.6 Å². The van der Waals surface area contributed by atoms with Crippen molar-refractivity contribution >= 4 is 46.4 Å². The van der Waals surface area contributed by atoms with Crippen LogP contribution >= 0.6 is 23.2 Å². The van der Waals surface area contributed by atoms with Gasteiger partial charge in [-0.1, -0.05) is 41.4 Å². The monoisotopic (exact) mass is 362 g/mol. The summed E-state index contributed by atoms with van der Waals surface area (Å²) in [6, 6.07) is 10.1. The first kappa shape index (κ1) is 16.8. The number of hydrogen-bond acceptors (Lipinski definition) is 3. The zero-order valence-corrected chi connectivity index (χ0v) is 14.8. The number of nitrogens with one attached hydrogen (secondary N) is 1. The second-order valence-corrected chi connectivity index (χ2v) is 6.57. The summed E-state index contributed by atoms with van der Waals surface area (Å²) in [5.41, 5.74) is 3.34. The molecule has 3 rings (SSSR count). The fourth-order valence-corrected chi connectivity index (χ4v) is 3.14. The van der Waals surface area contributed by atoms with E-state index in [1.54, 1.807) is 18.2 Å². The number of anilines is 2. The van der Waals surface area contributed by atoms with Gasteiger partial charge in [0.2, 0.25) is 5.91 Å². The van der Waals surface area contributed by atoms with Crippen LogP contribution in [0.1, 0.15) is 17.5 Å². The van der Waals surface area contributed by atoms with Crippen LogP contribution in [0.25, 0.3) is 0 Å². The van der Waals surface area contributed by atoms with Crippen molar-refractivity contribution in [2.24, 2.45) is 0 Å². The highest BCUT2D eigenvalue weighted by molar-refractivity contribution is 6.45. The third-order valence-electron chi connectivity index (χ3n) is 4.25. The molecule has 0 unspecified atom stereocenters. The summed E-state index contributed by atoms with van der Waals surface area (Å²) >= 11 is 12.2. The lowest BCUT2D eigenvalue weighted by molar-refractivity contribution is -0.121. The molecule has 2 amide bonds. The lowest BCUT2D eigenvalue weighted by atomic mass is 10.1. The first-order chi connectivity index (χ1) is 11.4. The van der Waals surface area contributed by atoms with Crippen LogP contribution in [-0.4, -0.2) is 17.9 Å². The predicted molar refractivity (Wildman–Crippen MR) is 96.9 cm³/mol. The van der Waals surface area contributed by atoms with E-state index >= 15 is 0 Å². The fraction of sp³-hybridized carbons (Fsp3) is 0.222. The van der Waals surface area contributed by atoms with E-state index < -0.39 is 6.04 Å². The zero-order chi connectivity index (χ0) is 17.4. The van der Waals surface area contributed by atoms with Gasteiger partial charge in [0.05, 0.1) is 22.2 Å². The number of benzene rings is 2. The van der Waals surface area contributed by atoms with Gasteiger partial charge in [-0.3, -0.25) is 9.59 Å². The molecule has 0 bridgehead atoms. The Balaban J connectivity index is 1.89. The molecule has 1 atom stereocenters. The van der Waals surface area contributed by atoms with Gasteiger partial charge in [-0.25, -0.2) is 4.90 Å². The largest absolute Gasteiger partial charge is 0.373 e. The van der Waals surface area contributed by atoms with Crippen molar-refractivity contribution in [1.29, 1.82) is 0 Å². The number of amides is 2. The molecule has 6 heteroatoms. The van der Waals surface area contributed by atoms with E-state index in [0.29, 0.717) is 10.7 Å². The second kappa shape index (κ2) is 6.46. The minimum absolute atomic E-state index is 0.0784. The number of nitrogens with zero attached hydrogens (tertiary/aromatic N) is 1. The van der Waals surface area contributed by atoms with Crippen molar-refractivity contribution < 1.29 is 9.59 Å². The molecule has 124 valence electrons. The van der Waals surface area contributed by atoms with Crippen LogP contribution in [0.3, 0.4) is 0 Å². The summed E-state index contributed by atoms with van der Waals surface area (Å²) in [7, 11) is 0. The molecule has 1 aliphatic heterocycles. The molecule has 1 N–H and O–H groups in total. The lowest BCUT2D eigenvalue weighted by Gasteiger charge is -2.18. The first-order valence-electron chi connectivity index (χ1n) is 7.53. The highest BCUT2D eigenvalue weighted by atomic mass is 35.5. The van der Waals surface area contributed by atoms with Crippen LogP contribution in [0.4, 0.5) is 11.4 Å². The van der Waals surface area contributed by atoms with Gasteiger partial charge in [0.1, 0.15) is 6.04 Å². The summed E-state index contributed by atoms with van der Waals surface area (Å²) < 4.78 is 0. The van der Waals surface area contributed by atoms with Crippen LogP contribution in [-0.2, 0) is 9.59 Å². The van der Waals surface area contributed by atoms with Gasteiger partial charge < -0.3 is 5.32 Å². The van der Waals surface area contributed by atoms with Gasteiger partial charge in [-0.15, -0.1) is 0 Å². The molecule has 0 aromatic heterocycles. The fourth-order valence-electron chi connectivity index (χ4n) is 2.76. The molecule has 2 aromatic rings. The Bertz CT molecular complexity index is 836. The van der Waals surface area contributed by atoms with Crippen LogP contribution < -0.4 is 10.2 Å². The zero-order valence-electron chi connectivity index (χ0n) is 13.3. The second-order valence-electron chi connectivity index (χ2n) is 5.79. The molecule has 0 radical (unpaired) electrons. The van der Waals surface area contributed by atoms with Gasteiger partial charge >= 0.3 is 0 Å². The van der Waals surface area contributed by atoms with Crippen molar-refractivity contribution in [2.75, 3.05) is 10.2 Å². The highest BCUT2D eigenvalue weighted by Gasteiger charge is 2.40.